The third-order valence-corrected chi connectivity index (χ3v) is 3.08. The van der Waals surface area contributed by atoms with Crippen molar-refractivity contribution in [2.75, 3.05) is 6.61 Å². The normalized spacial score (nSPS) is 11.2. The van der Waals surface area contributed by atoms with Gasteiger partial charge in [0.1, 0.15) is 17.4 Å². The maximum absolute atomic E-state index is 11.9. The Morgan fingerprint density at radius 2 is 2.11 bits per heavy atom. The summed E-state index contributed by atoms with van der Waals surface area (Å²) in [4.78, 5) is 11.9. The lowest BCUT2D eigenvalue weighted by atomic mass is 9.97. The fourth-order valence-corrected chi connectivity index (χ4v) is 2.15. The van der Waals surface area contributed by atoms with Crippen molar-refractivity contribution in [1.29, 1.82) is 0 Å². The van der Waals surface area contributed by atoms with E-state index < -0.39 is 0 Å². The summed E-state index contributed by atoms with van der Waals surface area (Å²) >= 11 is 0. The molecule has 96 valence electrons. The van der Waals surface area contributed by atoms with E-state index in [0.29, 0.717) is 18.1 Å². The Hall–Kier alpha value is -1.77. The lowest BCUT2D eigenvalue weighted by Gasteiger charge is -2.08. The third-order valence-electron chi connectivity index (χ3n) is 3.08. The highest BCUT2D eigenvalue weighted by molar-refractivity contribution is 6.05. The molecule has 0 aliphatic heterocycles. The van der Waals surface area contributed by atoms with Gasteiger partial charge in [0.25, 0.3) is 0 Å². The smallest absolute Gasteiger partial charge is 0.342 e. The number of fused-ring (bicyclic) bond motifs is 1. The molecule has 2 aromatic rings. The fraction of sp³-hybridized carbons (Fsp3) is 0.400. The average Bonchev–Trinajstić information content (AvgIpc) is 2.74. The average molecular weight is 246 g/mol. The van der Waals surface area contributed by atoms with Crippen LogP contribution in [0.5, 0.6) is 0 Å². The van der Waals surface area contributed by atoms with E-state index in [-0.39, 0.29) is 5.97 Å². The minimum Gasteiger partial charge on any atom is -0.463 e. The van der Waals surface area contributed by atoms with Gasteiger partial charge in [0.2, 0.25) is 0 Å². The van der Waals surface area contributed by atoms with Gasteiger partial charge in [-0.1, -0.05) is 26.0 Å². The number of carbonyl (C=O) groups is 1. The van der Waals surface area contributed by atoms with E-state index in [1.54, 1.807) is 6.92 Å². The number of esters is 1. The largest absolute Gasteiger partial charge is 0.463 e. The molecule has 0 atom stereocenters. The summed E-state index contributed by atoms with van der Waals surface area (Å²) in [6, 6.07) is 4.08. The van der Waals surface area contributed by atoms with Crippen molar-refractivity contribution in [2.24, 2.45) is 0 Å². The maximum atomic E-state index is 11.9. The molecule has 0 amide bonds. The lowest BCUT2D eigenvalue weighted by Crippen LogP contribution is -2.04. The van der Waals surface area contributed by atoms with E-state index in [2.05, 4.69) is 19.9 Å². The van der Waals surface area contributed by atoms with Crippen LogP contribution >= 0.6 is 0 Å². The van der Waals surface area contributed by atoms with Gasteiger partial charge in [-0.3, -0.25) is 0 Å². The first-order chi connectivity index (χ1) is 8.56. The molecule has 2 rings (SSSR count). The van der Waals surface area contributed by atoms with Crippen LogP contribution in [0.1, 0.15) is 48.2 Å². The van der Waals surface area contributed by atoms with Crippen molar-refractivity contribution in [1.82, 2.24) is 0 Å². The topological polar surface area (TPSA) is 39.4 Å². The number of hydrogen-bond acceptors (Lipinski definition) is 3. The van der Waals surface area contributed by atoms with Crippen molar-refractivity contribution in [3.63, 3.8) is 0 Å². The van der Waals surface area contributed by atoms with Gasteiger partial charge >= 0.3 is 5.97 Å². The van der Waals surface area contributed by atoms with Crippen molar-refractivity contribution in [3.05, 3.63) is 35.1 Å². The molecular formula is C15H18O3. The summed E-state index contributed by atoms with van der Waals surface area (Å²) in [7, 11) is 0. The second-order valence-corrected chi connectivity index (χ2v) is 4.70. The first-order valence-corrected chi connectivity index (χ1v) is 6.24. The van der Waals surface area contributed by atoms with Gasteiger partial charge in [0.15, 0.2) is 0 Å². The van der Waals surface area contributed by atoms with E-state index in [9.17, 15) is 4.79 Å². The number of ether oxygens (including phenoxy) is 1. The predicted molar refractivity (Wildman–Crippen MR) is 71.0 cm³/mol. The summed E-state index contributed by atoms with van der Waals surface area (Å²) in [5.74, 6) is 0.0366. The molecule has 0 aliphatic carbocycles. The van der Waals surface area contributed by atoms with Crippen molar-refractivity contribution in [2.45, 2.75) is 33.6 Å². The zero-order valence-electron chi connectivity index (χ0n) is 11.2. The third kappa shape index (κ3) is 2.01. The van der Waals surface area contributed by atoms with Crippen LogP contribution in [0, 0.1) is 6.92 Å². The van der Waals surface area contributed by atoms with Gasteiger partial charge < -0.3 is 9.15 Å². The van der Waals surface area contributed by atoms with Crippen LogP contribution in [0.25, 0.3) is 11.0 Å². The first kappa shape index (κ1) is 12.7. The fourth-order valence-electron chi connectivity index (χ4n) is 2.15. The highest BCUT2D eigenvalue weighted by Crippen LogP contribution is 2.32. The molecule has 0 bridgehead atoms. The van der Waals surface area contributed by atoms with E-state index in [1.165, 1.54) is 6.26 Å². The Morgan fingerprint density at radius 1 is 1.39 bits per heavy atom. The van der Waals surface area contributed by atoms with Crippen LogP contribution in [0.3, 0.4) is 0 Å². The van der Waals surface area contributed by atoms with Crippen LogP contribution < -0.4 is 0 Å². The van der Waals surface area contributed by atoms with Crippen LogP contribution in [-0.2, 0) is 4.74 Å². The second-order valence-electron chi connectivity index (χ2n) is 4.70. The first-order valence-electron chi connectivity index (χ1n) is 6.24. The molecule has 0 unspecified atom stereocenters. The number of rotatable bonds is 3. The number of furan rings is 1. The molecule has 0 saturated carbocycles. The Kier molecular flexibility index (Phi) is 3.41. The summed E-state index contributed by atoms with van der Waals surface area (Å²) in [5.41, 5.74) is 3.47. The van der Waals surface area contributed by atoms with Crippen molar-refractivity contribution >= 4 is 16.9 Å². The Labute approximate surface area is 107 Å². The molecule has 3 nitrogen and oxygen atoms in total. The quantitative estimate of drug-likeness (QED) is 0.767. The molecule has 3 heteroatoms. The van der Waals surface area contributed by atoms with Gasteiger partial charge in [0, 0.05) is 5.39 Å². The molecule has 18 heavy (non-hydrogen) atoms. The minimum atomic E-state index is -0.319. The SMILES string of the molecule is CCOC(=O)c1coc2c(C(C)C)ccc(C)c12. The standard InChI is InChI=1S/C15H18O3/c1-5-17-15(16)12-8-18-14-11(9(2)3)7-6-10(4)13(12)14/h6-9H,5H2,1-4H3. The van der Waals surface area contributed by atoms with E-state index in [0.717, 1.165) is 22.1 Å². The maximum Gasteiger partial charge on any atom is 0.342 e. The van der Waals surface area contributed by atoms with E-state index >= 15 is 0 Å². The monoisotopic (exact) mass is 246 g/mol. The summed E-state index contributed by atoms with van der Waals surface area (Å²) in [6.45, 7) is 8.36. The van der Waals surface area contributed by atoms with Gasteiger partial charge in [-0.2, -0.15) is 0 Å². The molecule has 1 heterocycles. The molecule has 0 saturated heterocycles. The Morgan fingerprint density at radius 3 is 2.72 bits per heavy atom. The predicted octanol–water partition coefficient (Wildman–Crippen LogP) is 4.04. The molecule has 0 N–H and O–H groups in total. The number of aryl methyl sites for hydroxylation is 1. The molecular weight excluding hydrogens is 228 g/mol. The van der Waals surface area contributed by atoms with Crippen molar-refractivity contribution < 1.29 is 13.9 Å². The highest BCUT2D eigenvalue weighted by Gasteiger charge is 2.19. The van der Waals surface area contributed by atoms with Gasteiger partial charge in [-0.15, -0.1) is 0 Å². The second kappa shape index (κ2) is 4.84. The zero-order chi connectivity index (χ0) is 13.3. The number of benzene rings is 1. The van der Waals surface area contributed by atoms with Gasteiger partial charge in [0.05, 0.1) is 6.61 Å². The molecule has 0 radical (unpaired) electrons. The minimum absolute atomic E-state index is 0.319. The molecule has 1 aromatic carbocycles. The van der Waals surface area contributed by atoms with Crippen LogP contribution in [0.4, 0.5) is 0 Å². The lowest BCUT2D eigenvalue weighted by molar-refractivity contribution is 0.0527. The van der Waals surface area contributed by atoms with E-state index in [1.807, 2.05) is 13.0 Å². The Balaban J connectivity index is 2.65. The number of carbonyl (C=O) groups excluding carboxylic acids is 1. The zero-order valence-corrected chi connectivity index (χ0v) is 11.2. The Bertz CT molecular complexity index is 579. The molecule has 1 aromatic heterocycles. The van der Waals surface area contributed by atoms with Crippen LogP contribution in [0.15, 0.2) is 22.8 Å². The highest BCUT2D eigenvalue weighted by atomic mass is 16.5. The molecule has 0 aliphatic rings. The summed E-state index contributed by atoms with van der Waals surface area (Å²) in [6.07, 6.45) is 1.50. The molecule has 0 fully saturated rings. The van der Waals surface area contributed by atoms with E-state index in [4.69, 9.17) is 9.15 Å². The van der Waals surface area contributed by atoms with Crippen molar-refractivity contribution in [3.8, 4) is 0 Å². The van der Waals surface area contributed by atoms with Crippen LogP contribution in [-0.4, -0.2) is 12.6 Å². The van der Waals surface area contributed by atoms with Gasteiger partial charge in [-0.25, -0.2) is 4.79 Å². The van der Waals surface area contributed by atoms with Crippen LogP contribution in [0.2, 0.25) is 0 Å². The van der Waals surface area contributed by atoms with Gasteiger partial charge in [-0.05, 0) is 30.9 Å². The number of hydrogen-bond donors (Lipinski definition) is 0. The molecule has 0 spiro atoms. The summed E-state index contributed by atoms with van der Waals surface area (Å²) in [5, 5.41) is 0.875. The summed E-state index contributed by atoms with van der Waals surface area (Å²) < 4.78 is 10.6.